The topological polar surface area (TPSA) is 80.8 Å². The van der Waals surface area contributed by atoms with E-state index in [-0.39, 0.29) is 17.7 Å². The third-order valence-corrected chi connectivity index (χ3v) is 6.22. The first kappa shape index (κ1) is 23.3. The Morgan fingerprint density at radius 1 is 1.00 bits per heavy atom. The lowest BCUT2D eigenvalue weighted by Gasteiger charge is -2.21. The minimum atomic E-state index is -0.411. The lowest BCUT2D eigenvalue weighted by Crippen LogP contribution is -2.35. The second-order valence-corrected chi connectivity index (χ2v) is 8.32. The summed E-state index contributed by atoms with van der Waals surface area (Å²) in [6, 6.07) is 20.8. The van der Waals surface area contributed by atoms with Crippen LogP contribution in [0.25, 0.3) is 0 Å². The maximum atomic E-state index is 13.3. The van der Waals surface area contributed by atoms with Crippen molar-refractivity contribution in [3.63, 3.8) is 0 Å². The number of carbonyl (C=O) groups is 2. The molecule has 0 radical (unpaired) electrons. The predicted octanol–water partition coefficient (Wildman–Crippen LogP) is 3.20. The summed E-state index contributed by atoms with van der Waals surface area (Å²) in [5, 5.41) is 3.00. The number of rotatable bonds is 8. The van der Waals surface area contributed by atoms with Gasteiger partial charge in [-0.1, -0.05) is 42.5 Å². The number of nitrogens with zero attached hydrogens (tertiary/aromatic N) is 2. The fourth-order valence-electron chi connectivity index (χ4n) is 4.41. The molecule has 0 unspecified atom stereocenters. The summed E-state index contributed by atoms with van der Waals surface area (Å²) in [6.45, 7) is 1.12. The first-order chi connectivity index (χ1) is 16.6. The van der Waals surface area contributed by atoms with Crippen molar-refractivity contribution >= 4 is 11.8 Å². The molecule has 0 aliphatic carbocycles. The van der Waals surface area contributed by atoms with Crippen LogP contribution in [0.15, 0.2) is 72.9 Å². The largest absolute Gasteiger partial charge is 0.497 e. The molecule has 3 aromatic rings. The number of ether oxygens (including phenoxy) is 2. The van der Waals surface area contributed by atoms with E-state index >= 15 is 0 Å². The zero-order valence-electron chi connectivity index (χ0n) is 19.4. The summed E-state index contributed by atoms with van der Waals surface area (Å²) in [6.07, 6.45) is 2.00. The molecule has 176 valence electrons. The van der Waals surface area contributed by atoms with Crippen molar-refractivity contribution in [1.29, 1.82) is 0 Å². The van der Waals surface area contributed by atoms with Crippen LogP contribution in [0.5, 0.6) is 11.5 Å². The Kier molecular flexibility index (Phi) is 7.42. The number of benzene rings is 2. The van der Waals surface area contributed by atoms with Gasteiger partial charge in [-0.05, 0) is 23.8 Å². The first-order valence-corrected chi connectivity index (χ1v) is 11.3. The number of likely N-dealkylation sites (tertiary alicyclic amines) is 1. The number of methoxy groups -OCH3 is 2. The van der Waals surface area contributed by atoms with Gasteiger partial charge in [0, 0.05) is 36.8 Å². The van der Waals surface area contributed by atoms with E-state index in [1.165, 1.54) is 0 Å². The summed E-state index contributed by atoms with van der Waals surface area (Å²) < 4.78 is 11.0. The van der Waals surface area contributed by atoms with E-state index in [2.05, 4.69) is 10.3 Å². The zero-order valence-corrected chi connectivity index (χ0v) is 19.4. The van der Waals surface area contributed by atoms with Gasteiger partial charge in [0.1, 0.15) is 11.5 Å². The highest BCUT2D eigenvalue weighted by atomic mass is 16.5. The number of hydrogen-bond acceptors (Lipinski definition) is 5. The minimum absolute atomic E-state index is 0.00343. The maximum absolute atomic E-state index is 13.3. The van der Waals surface area contributed by atoms with Crippen molar-refractivity contribution in [2.75, 3.05) is 27.3 Å². The maximum Gasteiger partial charge on any atom is 0.227 e. The van der Waals surface area contributed by atoms with Gasteiger partial charge in [-0.3, -0.25) is 14.6 Å². The molecule has 1 aliphatic rings. The number of pyridine rings is 1. The fourth-order valence-corrected chi connectivity index (χ4v) is 4.41. The van der Waals surface area contributed by atoms with Crippen LogP contribution in [-0.4, -0.2) is 49.0 Å². The molecule has 1 aliphatic heterocycles. The second-order valence-electron chi connectivity index (χ2n) is 8.32. The van der Waals surface area contributed by atoms with Crippen LogP contribution in [0.2, 0.25) is 0 Å². The first-order valence-electron chi connectivity index (χ1n) is 11.3. The molecule has 2 amide bonds. The molecule has 34 heavy (non-hydrogen) atoms. The monoisotopic (exact) mass is 459 g/mol. The van der Waals surface area contributed by atoms with E-state index < -0.39 is 5.92 Å². The second kappa shape index (κ2) is 10.8. The SMILES string of the molecule is COc1ccc([C@H]2CN(C(=O)Cc3ccccc3)C[C@H]2C(=O)NCc2ccccn2)c(OC)c1. The molecular weight excluding hydrogens is 430 g/mol. The van der Waals surface area contributed by atoms with E-state index in [1.54, 1.807) is 25.3 Å². The molecule has 1 fully saturated rings. The highest BCUT2D eigenvalue weighted by Crippen LogP contribution is 2.39. The van der Waals surface area contributed by atoms with Gasteiger partial charge >= 0.3 is 0 Å². The number of amides is 2. The summed E-state index contributed by atoms with van der Waals surface area (Å²) >= 11 is 0. The predicted molar refractivity (Wildman–Crippen MR) is 129 cm³/mol. The zero-order chi connectivity index (χ0) is 23.9. The lowest BCUT2D eigenvalue weighted by molar-refractivity contribution is -0.130. The van der Waals surface area contributed by atoms with Gasteiger partial charge in [-0.15, -0.1) is 0 Å². The Morgan fingerprint density at radius 3 is 2.50 bits per heavy atom. The minimum Gasteiger partial charge on any atom is -0.497 e. The molecular formula is C27H29N3O4. The van der Waals surface area contributed by atoms with Gasteiger partial charge in [0.2, 0.25) is 11.8 Å². The quantitative estimate of drug-likeness (QED) is 0.560. The molecule has 0 spiro atoms. The molecule has 0 saturated carbocycles. The van der Waals surface area contributed by atoms with Crippen molar-refractivity contribution in [3.8, 4) is 11.5 Å². The summed E-state index contributed by atoms with van der Waals surface area (Å²) in [7, 11) is 3.20. The van der Waals surface area contributed by atoms with Gasteiger partial charge in [-0.2, -0.15) is 0 Å². The third-order valence-electron chi connectivity index (χ3n) is 6.22. The van der Waals surface area contributed by atoms with Crippen LogP contribution < -0.4 is 14.8 Å². The standard InChI is InChI=1S/C27H29N3O4/c1-33-21-11-12-22(25(15-21)34-2)23-17-30(26(31)14-19-8-4-3-5-9-19)18-24(23)27(32)29-16-20-10-6-7-13-28-20/h3-13,15,23-24H,14,16-18H2,1-2H3,(H,29,32)/t23-,24-/m1/s1. The van der Waals surface area contributed by atoms with Crippen LogP contribution in [-0.2, 0) is 22.6 Å². The van der Waals surface area contributed by atoms with Gasteiger partial charge in [0.15, 0.2) is 0 Å². The molecule has 1 N–H and O–H groups in total. The Balaban J connectivity index is 1.56. The molecule has 7 heteroatoms. The average Bonchev–Trinajstić information content (AvgIpc) is 3.33. The Bertz CT molecular complexity index is 1120. The van der Waals surface area contributed by atoms with Gasteiger partial charge < -0.3 is 19.7 Å². The molecule has 2 aromatic carbocycles. The molecule has 0 bridgehead atoms. The van der Waals surface area contributed by atoms with Crippen LogP contribution in [0, 0.1) is 5.92 Å². The van der Waals surface area contributed by atoms with Crippen LogP contribution in [0.1, 0.15) is 22.7 Å². The Morgan fingerprint density at radius 2 is 1.79 bits per heavy atom. The number of carbonyl (C=O) groups excluding carboxylic acids is 2. The molecule has 1 aromatic heterocycles. The highest BCUT2D eigenvalue weighted by molar-refractivity contribution is 5.84. The van der Waals surface area contributed by atoms with Crippen molar-refractivity contribution in [2.24, 2.45) is 5.92 Å². The van der Waals surface area contributed by atoms with E-state index in [9.17, 15) is 9.59 Å². The van der Waals surface area contributed by atoms with Crippen molar-refractivity contribution in [1.82, 2.24) is 15.2 Å². The van der Waals surface area contributed by atoms with Crippen molar-refractivity contribution in [3.05, 3.63) is 89.7 Å². The molecule has 2 heterocycles. The normalized spacial score (nSPS) is 17.3. The number of aromatic nitrogens is 1. The van der Waals surface area contributed by atoms with Gasteiger partial charge in [0.25, 0.3) is 0 Å². The lowest BCUT2D eigenvalue weighted by atomic mass is 9.87. The number of nitrogens with one attached hydrogen (secondary N) is 1. The van der Waals surface area contributed by atoms with Gasteiger partial charge in [-0.25, -0.2) is 0 Å². The Hall–Kier alpha value is -3.87. The smallest absolute Gasteiger partial charge is 0.227 e. The van der Waals surface area contributed by atoms with Gasteiger partial charge in [0.05, 0.1) is 38.8 Å². The summed E-state index contributed by atoms with van der Waals surface area (Å²) in [5.41, 5.74) is 2.62. The van der Waals surface area contributed by atoms with E-state index in [4.69, 9.17) is 9.47 Å². The molecule has 2 atom stereocenters. The number of hydrogen-bond donors (Lipinski definition) is 1. The van der Waals surface area contributed by atoms with E-state index in [0.717, 1.165) is 16.8 Å². The van der Waals surface area contributed by atoms with Crippen LogP contribution in [0.4, 0.5) is 0 Å². The Labute approximate surface area is 199 Å². The third kappa shape index (κ3) is 5.36. The molecule has 7 nitrogen and oxygen atoms in total. The van der Waals surface area contributed by atoms with Crippen LogP contribution >= 0.6 is 0 Å². The summed E-state index contributed by atoms with van der Waals surface area (Å²) in [5.74, 6) is 0.596. The molecule has 1 saturated heterocycles. The van der Waals surface area contributed by atoms with Crippen LogP contribution in [0.3, 0.4) is 0 Å². The highest BCUT2D eigenvalue weighted by Gasteiger charge is 2.41. The van der Waals surface area contributed by atoms with Crippen molar-refractivity contribution < 1.29 is 19.1 Å². The molecule has 4 rings (SSSR count). The summed E-state index contributed by atoms with van der Waals surface area (Å²) in [4.78, 5) is 32.5. The fraction of sp³-hybridized carbons (Fsp3) is 0.296. The average molecular weight is 460 g/mol. The van der Waals surface area contributed by atoms with E-state index in [1.807, 2.05) is 66.7 Å². The van der Waals surface area contributed by atoms with E-state index in [0.29, 0.717) is 37.6 Å². The van der Waals surface area contributed by atoms with Crippen molar-refractivity contribution in [2.45, 2.75) is 18.9 Å².